The molecular formula is C13H19NO2. The van der Waals surface area contributed by atoms with Gasteiger partial charge in [0, 0.05) is 11.6 Å². The van der Waals surface area contributed by atoms with E-state index in [-0.39, 0.29) is 6.04 Å². The molecule has 1 aromatic carbocycles. The molecule has 0 bridgehead atoms. The maximum absolute atomic E-state index is 6.10. The van der Waals surface area contributed by atoms with Crippen molar-refractivity contribution in [2.24, 2.45) is 5.73 Å². The molecule has 2 N–H and O–H groups in total. The van der Waals surface area contributed by atoms with Crippen LogP contribution in [0.4, 0.5) is 0 Å². The van der Waals surface area contributed by atoms with E-state index in [1.165, 1.54) is 0 Å². The molecule has 0 aliphatic rings. The summed E-state index contributed by atoms with van der Waals surface area (Å²) in [6, 6.07) is 5.70. The van der Waals surface area contributed by atoms with Crippen LogP contribution < -0.4 is 15.2 Å². The normalized spacial score (nSPS) is 11.9. The van der Waals surface area contributed by atoms with E-state index in [1.54, 1.807) is 14.2 Å². The van der Waals surface area contributed by atoms with E-state index in [9.17, 15) is 0 Å². The molecule has 1 rings (SSSR count). The van der Waals surface area contributed by atoms with Crippen LogP contribution in [-0.4, -0.2) is 14.2 Å². The van der Waals surface area contributed by atoms with E-state index in [1.807, 2.05) is 24.3 Å². The number of hydrogen-bond donors (Lipinski definition) is 1. The van der Waals surface area contributed by atoms with Crippen molar-refractivity contribution < 1.29 is 9.47 Å². The van der Waals surface area contributed by atoms with Gasteiger partial charge in [0.2, 0.25) is 0 Å². The highest BCUT2D eigenvalue weighted by Gasteiger charge is 2.14. The van der Waals surface area contributed by atoms with Gasteiger partial charge >= 0.3 is 0 Å². The van der Waals surface area contributed by atoms with Gasteiger partial charge in [-0.2, -0.15) is 0 Å². The summed E-state index contributed by atoms with van der Waals surface area (Å²) in [5.41, 5.74) is 7.07. The number of para-hydroxylation sites is 1. The Morgan fingerprint density at radius 2 is 2.12 bits per heavy atom. The quantitative estimate of drug-likeness (QED) is 0.751. The number of hydrogen-bond acceptors (Lipinski definition) is 3. The first-order chi connectivity index (χ1) is 7.74. The van der Waals surface area contributed by atoms with Gasteiger partial charge in [0.05, 0.1) is 14.2 Å². The van der Waals surface area contributed by atoms with Crippen molar-refractivity contribution in [3.05, 3.63) is 36.4 Å². The molecule has 0 heterocycles. The zero-order chi connectivity index (χ0) is 12.0. The Kier molecular flexibility index (Phi) is 4.86. The van der Waals surface area contributed by atoms with E-state index in [0.717, 1.165) is 24.2 Å². The first kappa shape index (κ1) is 12.6. The van der Waals surface area contributed by atoms with E-state index < -0.39 is 0 Å². The minimum atomic E-state index is -0.0527. The van der Waals surface area contributed by atoms with Crippen molar-refractivity contribution in [1.29, 1.82) is 0 Å². The summed E-state index contributed by atoms with van der Waals surface area (Å²) in [4.78, 5) is 0. The molecule has 88 valence electrons. The van der Waals surface area contributed by atoms with Crippen molar-refractivity contribution in [2.75, 3.05) is 14.2 Å². The molecule has 0 saturated heterocycles. The van der Waals surface area contributed by atoms with Gasteiger partial charge in [-0.15, -0.1) is 6.58 Å². The van der Waals surface area contributed by atoms with Gasteiger partial charge in [0.25, 0.3) is 0 Å². The Morgan fingerprint density at radius 3 is 2.69 bits per heavy atom. The topological polar surface area (TPSA) is 44.5 Å². The summed E-state index contributed by atoms with van der Waals surface area (Å²) in [7, 11) is 3.25. The van der Waals surface area contributed by atoms with Crippen molar-refractivity contribution in [3.63, 3.8) is 0 Å². The monoisotopic (exact) mass is 221 g/mol. The average Bonchev–Trinajstić information content (AvgIpc) is 2.34. The minimum Gasteiger partial charge on any atom is -0.493 e. The SMILES string of the molecule is C=CCC[C@H](N)c1cccc(OC)c1OC. The fraction of sp³-hybridized carbons (Fsp3) is 0.385. The van der Waals surface area contributed by atoms with Crippen LogP contribution in [0.15, 0.2) is 30.9 Å². The molecule has 0 fully saturated rings. The molecule has 0 radical (unpaired) electrons. The fourth-order valence-corrected chi connectivity index (χ4v) is 1.66. The van der Waals surface area contributed by atoms with Gasteiger partial charge in [0.1, 0.15) is 0 Å². The Hall–Kier alpha value is -1.48. The van der Waals surface area contributed by atoms with Crippen LogP contribution >= 0.6 is 0 Å². The van der Waals surface area contributed by atoms with Crippen molar-refractivity contribution in [3.8, 4) is 11.5 Å². The first-order valence-electron chi connectivity index (χ1n) is 5.32. The summed E-state index contributed by atoms with van der Waals surface area (Å²) in [6.07, 6.45) is 3.61. The standard InChI is InChI=1S/C13H19NO2/c1-4-5-8-11(14)10-7-6-9-12(15-2)13(10)16-3/h4,6-7,9,11H,1,5,8,14H2,2-3H3/t11-/m0/s1. The fourth-order valence-electron chi connectivity index (χ4n) is 1.66. The van der Waals surface area contributed by atoms with E-state index in [0.29, 0.717) is 5.75 Å². The minimum absolute atomic E-state index is 0.0527. The summed E-state index contributed by atoms with van der Waals surface area (Å²) in [5, 5.41) is 0. The largest absolute Gasteiger partial charge is 0.493 e. The lowest BCUT2D eigenvalue weighted by Crippen LogP contribution is -2.11. The lowest BCUT2D eigenvalue weighted by Gasteiger charge is -2.17. The van der Waals surface area contributed by atoms with Crippen molar-refractivity contribution in [2.45, 2.75) is 18.9 Å². The van der Waals surface area contributed by atoms with Gasteiger partial charge in [-0.3, -0.25) is 0 Å². The summed E-state index contributed by atoms with van der Waals surface area (Å²) >= 11 is 0. The highest BCUT2D eigenvalue weighted by atomic mass is 16.5. The van der Waals surface area contributed by atoms with Gasteiger partial charge in [-0.1, -0.05) is 18.2 Å². The van der Waals surface area contributed by atoms with Gasteiger partial charge in [0.15, 0.2) is 11.5 Å². The third-order valence-electron chi connectivity index (χ3n) is 2.51. The van der Waals surface area contributed by atoms with Gasteiger partial charge in [-0.25, -0.2) is 0 Å². The molecule has 3 nitrogen and oxygen atoms in total. The van der Waals surface area contributed by atoms with Crippen molar-refractivity contribution >= 4 is 0 Å². The van der Waals surface area contributed by atoms with Crippen LogP contribution in [0.2, 0.25) is 0 Å². The third-order valence-corrected chi connectivity index (χ3v) is 2.51. The molecule has 0 aromatic heterocycles. The zero-order valence-corrected chi connectivity index (χ0v) is 9.90. The second kappa shape index (κ2) is 6.18. The smallest absolute Gasteiger partial charge is 0.165 e. The molecule has 0 aliphatic carbocycles. The van der Waals surface area contributed by atoms with Gasteiger partial charge < -0.3 is 15.2 Å². The van der Waals surface area contributed by atoms with Crippen LogP contribution in [0, 0.1) is 0 Å². The Bertz CT molecular complexity index is 350. The molecule has 1 atom stereocenters. The van der Waals surface area contributed by atoms with Crippen LogP contribution in [-0.2, 0) is 0 Å². The van der Waals surface area contributed by atoms with Crippen LogP contribution in [0.25, 0.3) is 0 Å². The number of rotatable bonds is 6. The molecule has 0 unspecified atom stereocenters. The molecule has 0 saturated carbocycles. The van der Waals surface area contributed by atoms with E-state index >= 15 is 0 Å². The molecule has 16 heavy (non-hydrogen) atoms. The Morgan fingerprint density at radius 1 is 1.38 bits per heavy atom. The first-order valence-corrected chi connectivity index (χ1v) is 5.32. The zero-order valence-electron chi connectivity index (χ0n) is 9.90. The molecule has 0 amide bonds. The molecule has 3 heteroatoms. The number of benzene rings is 1. The van der Waals surface area contributed by atoms with Gasteiger partial charge in [-0.05, 0) is 18.9 Å². The maximum atomic E-state index is 6.10. The Balaban J connectivity index is 2.97. The van der Waals surface area contributed by atoms with Crippen LogP contribution in [0.5, 0.6) is 11.5 Å². The summed E-state index contributed by atoms with van der Waals surface area (Å²) in [6.45, 7) is 3.69. The van der Waals surface area contributed by atoms with Crippen LogP contribution in [0.1, 0.15) is 24.4 Å². The predicted molar refractivity (Wildman–Crippen MR) is 65.9 cm³/mol. The highest BCUT2D eigenvalue weighted by Crippen LogP contribution is 2.34. The molecule has 0 spiro atoms. The second-order valence-electron chi connectivity index (χ2n) is 3.56. The predicted octanol–water partition coefficient (Wildman–Crippen LogP) is 2.67. The maximum Gasteiger partial charge on any atom is 0.165 e. The Labute approximate surface area is 96.9 Å². The number of allylic oxidation sites excluding steroid dienone is 1. The van der Waals surface area contributed by atoms with E-state index in [2.05, 4.69) is 6.58 Å². The lowest BCUT2D eigenvalue weighted by molar-refractivity contribution is 0.349. The lowest BCUT2D eigenvalue weighted by atomic mass is 10.0. The molecule has 1 aromatic rings. The highest BCUT2D eigenvalue weighted by molar-refractivity contribution is 5.47. The molecular weight excluding hydrogens is 202 g/mol. The summed E-state index contributed by atoms with van der Waals surface area (Å²) < 4.78 is 10.6. The number of nitrogens with two attached hydrogens (primary N) is 1. The molecule has 0 aliphatic heterocycles. The number of methoxy groups -OCH3 is 2. The van der Waals surface area contributed by atoms with Crippen LogP contribution in [0.3, 0.4) is 0 Å². The van der Waals surface area contributed by atoms with E-state index in [4.69, 9.17) is 15.2 Å². The summed E-state index contributed by atoms with van der Waals surface area (Å²) in [5.74, 6) is 1.44. The van der Waals surface area contributed by atoms with Crippen molar-refractivity contribution in [1.82, 2.24) is 0 Å². The average molecular weight is 221 g/mol. The number of ether oxygens (including phenoxy) is 2. The second-order valence-corrected chi connectivity index (χ2v) is 3.56. The third kappa shape index (κ3) is 2.76.